The van der Waals surface area contributed by atoms with Crippen molar-refractivity contribution in [3.8, 4) is 22.7 Å². The zero-order valence-electron chi connectivity index (χ0n) is 18.1. The van der Waals surface area contributed by atoms with Crippen molar-refractivity contribution in [3.63, 3.8) is 0 Å². The second-order valence-corrected chi connectivity index (χ2v) is 9.40. The standard InChI is InChI=1S/C23H11Cl2F3N4O4S/c24-10-1-6-13(15(25)9-10)16-8-7-14-17(29)20(37-21(14)30-16)19(33)18-22(34)36-31-32(18)11-2-4-12(5-3-11)35-23(26,27)28/h1-9H,(H2-,29,31,33,34)/p+1. The number of nitrogen functional groups attached to an aromatic ring is 1. The number of carbonyl (C=O) groups excluding carboxylic acids is 1. The third-order valence-electron chi connectivity index (χ3n) is 5.20. The number of thiophene rings is 1. The van der Waals surface area contributed by atoms with Crippen LogP contribution >= 0.6 is 34.5 Å². The van der Waals surface area contributed by atoms with Crippen LogP contribution in [0, 0.1) is 0 Å². The van der Waals surface area contributed by atoms with Crippen LogP contribution in [0.2, 0.25) is 10.0 Å². The van der Waals surface area contributed by atoms with Crippen LogP contribution in [-0.4, -0.2) is 22.4 Å². The van der Waals surface area contributed by atoms with Gasteiger partial charge in [-0.1, -0.05) is 23.2 Å². The molecule has 3 N–H and O–H groups in total. The lowest BCUT2D eigenvalue weighted by Crippen LogP contribution is -2.41. The molecule has 5 aromatic rings. The second kappa shape index (κ2) is 9.21. The molecule has 0 bridgehead atoms. The van der Waals surface area contributed by atoms with Crippen molar-refractivity contribution in [3.05, 3.63) is 85.6 Å². The van der Waals surface area contributed by atoms with Crippen molar-refractivity contribution >= 4 is 56.2 Å². The first-order chi connectivity index (χ1) is 17.5. The highest BCUT2D eigenvalue weighted by molar-refractivity contribution is 7.21. The number of pyridine rings is 1. The molecule has 2 aromatic carbocycles. The molecular formula is C23H12Cl2F3N4O4S+. The average Bonchev–Trinajstić information content (AvgIpc) is 3.38. The smallest absolute Gasteiger partial charge is 0.406 e. The maximum Gasteiger partial charge on any atom is 0.573 e. The Kier molecular flexibility index (Phi) is 6.18. The predicted octanol–water partition coefficient (Wildman–Crippen LogP) is 5.54. The Morgan fingerprint density at radius 2 is 1.84 bits per heavy atom. The Hall–Kier alpha value is -3.87. The highest BCUT2D eigenvalue weighted by Crippen LogP contribution is 2.37. The number of H-pyrrole nitrogens is 1. The van der Waals surface area contributed by atoms with Crippen LogP contribution < -0.4 is 20.8 Å². The van der Waals surface area contributed by atoms with Crippen molar-refractivity contribution in [2.24, 2.45) is 0 Å². The number of ketones is 1. The number of alkyl halides is 3. The monoisotopic (exact) mass is 567 g/mol. The normalized spacial score (nSPS) is 11.7. The van der Waals surface area contributed by atoms with E-state index in [1.54, 1.807) is 30.3 Å². The van der Waals surface area contributed by atoms with Crippen LogP contribution in [0.1, 0.15) is 15.4 Å². The third-order valence-corrected chi connectivity index (χ3v) is 6.86. The van der Waals surface area contributed by atoms with E-state index in [1.807, 2.05) is 0 Å². The Morgan fingerprint density at radius 3 is 2.51 bits per heavy atom. The van der Waals surface area contributed by atoms with E-state index in [2.05, 4.69) is 15.0 Å². The molecule has 0 radical (unpaired) electrons. The molecule has 3 aromatic heterocycles. The molecule has 0 fully saturated rings. The van der Waals surface area contributed by atoms with Crippen LogP contribution in [0.4, 0.5) is 18.9 Å². The molecule has 5 rings (SSSR count). The lowest BCUT2D eigenvalue weighted by Gasteiger charge is -2.07. The third kappa shape index (κ3) is 4.78. The molecule has 3 heterocycles. The largest absolute Gasteiger partial charge is 0.573 e. The lowest BCUT2D eigenvalue weighted by molar-refractivity contribution is -0.672. The number of nitrogens with one attached hydrogen (secondary N) is 1. The number of anilines is 1. The molecule has 0 amide bonds. The summed E-state index contributed by atoms with van der Waals surface area (Å²) in [4.78, 5) is 30.8. The number of rotatable bonds is 5. The first-order valence-corrected chi connectivity index (χ1v) is 11.8. The Labute approximate surface area is 218 Å². The molecule has 0 spiro atoms. The molecule has 0 aliphatic heterocycles. The predicted molar refractivity (Wildman–Crippen MR) is 130 cm³/mol. The molecule has 0 saturated carbocycles. The Morgan fingerprint density at radius 1 is 1.11 bits per heavy atom. The number of halogens is 5. The SMILES string of the molecule is Nc1c(C(=O)c2c(=O)o[nH][n+]2-c2ccc(OC(F)(F)F)cc2)sc2nc(-c3ccc(Cl)cc3Cl)ccc12. The number of hydrogen-bond donors (Lipinski definition) is 2. The maximum atomic E-state index is 13.4. The number of ether oxygens (including phenoxy) is 1. The van der Waals surface area contributed by atoms with Crippen molar-refractivity contribution in [1.82, 2.24) is 10.3 Å². The van der Waals surface area contributed by atoms with Crippen LogP contribution in [0.15, 0.2) is 63.9 Å². The first-order valence-electron chi connectivity index (χ1n) is 10.2. The molecule has 0 unspecified atom stereocenters. The van der Waals surface area contributed by atoms with Gasteiger partial charge in [-0.05, 0) is 52.4 Å². The van der Waals surface area contributed by atoms with E-state index in [0.29, 0.717) is 31.5 Å². The number of carbonyl (C=O) groups is 1. The zero-order valence-corrected chi connectivity index (χ0v) is 20.4. The number of nitrogens with zero attached hydrogens (tertiary/aromatic N) is 2. The van der Waals surface area contributed by atoms with Crippen LogP contribution in [0.5, 0.6) is 5.75 Å². The maximum absolute atomic E-state index is 13.4. The van der Waals surface area contributed by atoms with Gasteiger partial charge in [0.15, 0.2) is 0 Å². The summed E-state index contributed by atoms with van der Waals surface area (Å²) in [5.41, 5.74) is 6.18. The molecule has 188 valence electrons. The fourth-order valence-corrected chi connectivity index (χ4v) is 5.11. The summed E-state index contributed by atoms with van der Waals surface area (Å²) >= 11 is 13.2. The summed E-state index contributed by atoms with van der Waals surface area (Å²) in [6.45, 7) is 0. The van der Waals surface area contributed by atoms with E-state index in [0.717, 1.165) is 28.2 Å². The molecule has 14 heteroatoms. The van der Waals surface area contributed by atoms with Crippen molar-refractivity contribution in [2.75, 3.05) is 5.73 Å². The molecule has 37 heavy (non-hydrogen) atoms. The number of hydrogen-bond acceptors (Lipinski definition) is 7. The Balaban J connectivity index is 1.53. The molecule has 0 aliphatic rings. The van der Waals surface area contributed by atoms with Gasteiger partial charge in [-0.25, -0.2) is 9.78 Å². The first kappa shape index (κ1) is 24.8. The molecule has 8 nitrogen and oxygen atoms in total. The molecular weight excluding hydrogens is 556 g/mol. The fourth-order valence-electron chi connectivity index (χ4n) is 3.57. The minimum Gasteiger partial charge on any atom is -0.406 e. The van der Waals surface area contributed by atoms with E-state index in [4.69, 9.17) is 33.5 Å². The van der Waals surface area contributed by atoms with Crippen molar-refractivity contribution < 1.29 is 31.9 Å². The summed E-state index contributed by atoms with van der Waals surface area (Å²) in [5.74, 6) is -1.25. The van der Waals surface area contributed by atoms with Gasteiger partial charge in [0.1, 0.15) is 15.5 Å². The van der Waals surface area contributed by atoms with Gasteiger partial charge < -0.3 is 10.5 Å². The highest BCUT2D eigenvalue weighted by atomic mass is 35.5. The van der Waals surface area contributed by atoms with Gasteiger partial charge in [0.2, 0.25) is 5.69 Å². The summed E-state index contributed by atoms with van der Waals surface area (Å²) in [7, 11) is 0. The highest BCUT2D eigenvalue weighted by Gasteiger charge is 2.35. The van der Waals surface area contributed by atoms with E-state index in [1.165, 1.54) is 12.1 Å². The number of benzene rings is 2. The van der Waals surface area contributed by atoms with Gasteiger partial charge in [0.25, 0.3) is 5.78 Å². The number of aromatic nitrogens is 3. The quantitative estimate of drug-likeness (QED) is 0.213. The van der Waals surface area contributed by atoms with Gasteiger partial charge in [0.05, 0.1) is 16.4 Å². The van der Waals surface area contributed by atoms with Crippen LogP contribution in [0.25, 0.3) is 27.2 Å². The zero-order chi connectivity index (χ0) is 26.5. The lowest BCUT2D eigenvalue weighted by atomic mass is 10.1. The number of nitrogens with two attached hydrogens (primary N) is 1. The van der Waals surface area contributed by atoms with Gasteiger partial charge in [-0.15, -0.1) is 24.5 Å². The second-order valence-electron chi connectivity index (χ2n) is 7.55. The van der Waals surface area contributed by atoms with E-state index in [-0.39, 0.29) is 16.3 Å². The van der Waals surface area contributed by atoms with E-state index in [9.17, 15) is 22.8 Å². The average molecular weight is 568 g/mol. The number of fused-ring (bicyclic) bond motifs is 1. The van der Waals surface area contributed by atoms with Gasteiger partial charge in [-0.2, -0.15) is 0 Å². The van der Waals surface area contributed by atoms with Crippen LogP contribution in [-0.2, 0) is 0 Å². The minimum absolute atomic E-state index is 0.0273. The summed E-state index contributed by atoms with van der Waals surface area (Å²) < 4.78 is 47.0. The molecule has 0 saturated heterocycles. The van der Waals surface area contributed by atoms with Crippen LogP contribution in [0.3, 0.4) is 0 Å². The molecule has 0 atom stereocenters. The van der Waals surface area contributed by atoms with Gasteiger partial charge in [0, 0.05) is 28.1 Å². The van der Waals surface area contributed by atoms with E-state index >= 15 is 0 Å². The topological polar surface area (TPSA) is 115 Å². The number of aromatic amines is 1. The van der Waals surface area contributed by atoms with E-state index < -0.39 is 29.2 Å². The summed E-state index contributed by atoms with van der Waals surface area (Å²) in [6, 6.07) is 12.8. The minimum atomic E-state index is -4.87. The molecule has 0 aliphatic carbocycles. The fraction of sp³-hybridized carbons (Fsp3) is 0.0435. The van der Waals surface area contributed by atoms with Crippen molar-refractivity contribution in [2.45, 2.75) is 6.36 Å². The Bertz CT molecular complexity index is 1730. The van der Waals surface area contributed by atoms with Gasteiger partial charge >= 0.3 is 17.7 Å². The van der Waals surface area contributed by atoms with Gasteiger partial charge in [-0.3, -0.25) is 9.32 Å². The summed E-state index contributed by atoms with van der Waals surface area (Å²) in [6.07, 6.45) is -4.87. The summed E-state index contributed by atoms with van der Waals surface area (Å²) in [5, 5.41) is 3.61. The van der Waals surface area contributed by atoms with Crippen molar-refractivity contribution in [1.29, 1.82) is 0 Å².